The minimum Gasteiger partial charge on any atom is -0.493 e. The summed E-state index contributed by atoms with van der Waals surface area (Å²) >= 11 is 9.38. The number of benzene rings is 1. The van der Waals surface area contributed by atoms with Crippen LogP contribution in [0.3, 0.4) is 0 Å². The molecule has 94 valence electrons. The number of nitrogens with two attached hydrogens (primary N) is 1. The molecule has 3 rings (SSSR count). The smallest absolute Gasteiger partial charge is 0.169 e. The third kappa shape index (κ3) is 2.05. The predicted octanol–water partition coefficient (Wildman–Crippen LogP) is 3.68. The van der Waals surface area contributed by atoms with Crippen molar-refractivity contribution < 1.29 is 9.15 Å². The number of furan rings is 1. The minimum atomic E-state index is -0.373. The second-order valence-corrected chi connectivity index (χ2v) is 5.42. The molecule has 0 aliphatic carbocycles. The van der Waals surface area contributed by atoms with Gasteiger partial charge in [0.15, 0.2) is 4.67 Å². The molecule has 0 radical (unpaired) electrons. The van der Waals surface area contributed by atoms with Crippen LogP contribution in [0.1, 0.15) is 22.9 Å². The lowest BCUT2D eigenvalue weighted by Gasteiger charge is -2.14. The van der Waals surface area contributed by atoms with Crippen LogP contribution in [0.5, 0.6) is 5.75 Å². The highest BCUT2D eigenvalue weighted by atomic mass is 79.9. The number of rotatable bonds is 2. The zero-order valence-corrected chi connectivity index (χ0v) is 11.8. The fraction of sp³-hybridized carbons (Fsp3) is 0.231. The Kier molecular flexibility index (Phi) is 3.09. The molecular weight excluding hydrogens is 318 g/mol. The van der Waals surface area contributed by atoms with Gasteiger partial charge in [0, 0.05) is 17.0 Å². The Morgan fingerprint density at radius 1 is 1.33 bits per heavy atom. The molecule has 18 heavy (non-hydrogen) atoms. The van der Waals surface area contributed by atoms with Crippen molar-refractivity contribution in [2.45, 2.75) is 12.5 Å². The maximum Gasteiger partial charge on any atom is 0.169 e. The standard InChI is InChI=1S/C13H11BrClNO2/c14-11-2-1-10(18-11)12(16)9-6-8(15)5-7-3-4-17-13(7)9/h1-2,5-6,12H,3-4,16H2. The molecule has 0 saturated carbocycles. The lowest BCUT2D eigenvalue weighted by atomic mass is 10.0. The van der Waals surface area contributed by atoms with Crippen LogP contribution in [0.25, 0.3) is 0 Å². The number of fused-ring (bicyclic) bond motifs is 1. The monoisotopic (exact) mass is 327 g/mol. The van der Waals surface area contributed by atoms with E-state index in [0.29, 0.717) is 22.1 Å². The minimum absolute atomic E-state index is 0.373. The van der Waals surface area contributed by atoms with E-state index in [-0.39, 0.29) is 6.04 Å². The molecule has 1 aliphatic heterocycles. The lowest BCUT2D eigenvalue weighted by Crippen LogP contribution is -2.12. The number of hydrogen-bond acceptors (Lipinski definition) is 3. The molecule has 3 nitrogen and oxygen atoms in total. The van der Waals surface area contributed by atoms with Crippen LogP contribution >= 0.6 is 27.5 Å². The van der Waals surface area contributed by atoms with E-state index in [1.807, 2.05) is 24.3 Å². The first-order valence-electron chi connectivity index (χ1n) is 5.61. The van der Waals surface area contributed by atoms with Gasteiger partial charge >= 0.3 is 0 Å². The first-order chi connectivity index (χ1) is 8.65. The van der Waals surface area contributed by atoms with Crippen molar-refractivity contribution in [1.82, 2.24) is 0 Å². The van der Waals surface area contributed by atoms with Gasteiger partial charge in [0.2, 0.25) is 0 Å². The highest BCUT2D eigenvalue weighted by Crippen LogP contribution is 2.38. The van der Waals surface area contributed by atoms with E-state index in [9.17, 15) is 0 Å². The molecule has 0 saturated heterocycles. The highest BCUT2D eigenvalue weighted by Gasteiger charge is 2.24. The van der Waals surface area contributed by atoms with Crippen LogP contribution in [0.2, 0.25) is 5.02 Å². The van der Waals surface area contributed by atoms with E-state index in [4.69, 9.17) is 26.5 Å². The predicted molar refractivity (Wildman–Crippen MR) is 73.1 cm³/mol. The second kappa shape index (κ2) is 4.61. The molecule has 1 aliphatic rings. The Morgan fingerprint density at radius 2 is 2.17 bits per heavy atom. The fourth-order valence-corrected chi connectivity index (χ4v) is 2.75. The summed E-state index contributed by atoms with van der Waals surface area (Å²) < 4.78 is 11.8. The van der Waals surface area contributed by atoms with Gasteiger partial charge in [-0.3, -0.25) is 0 Å². The third-order valence-corrected chi connectivity index (χ3v) is 3.66. The molecule has 1 atom stereocenters. The molecule has 1 aromatic heterocycles. The van der Waals surface area contributed by atoms with E-state index in [0.717, 1.165) is 23.3 Å². The Labute approximate surface area is 118 Å². The number of ether oxygens (including phenoxy) is 1. The van der Waals surface area contributed by atoms with E-state index < -0.39 is 0 Å². The summed E-state index contributed by atoms with van der Waals surface area (Å²) in [5, 5.41) is 0.676. The molecule has 0 amide bonds. The van der Waals surface area contributed by atoms with Crippen molar-refractivity contribution in [1.29, 1.82) is 0 Å². The summed E-state index contributed by atoms with van der Waals surface area (Å²) in [5.74, 6) is 1.53. The lowest BCUT2D eigenvalue weighted by molar-refractivity contribution is 0.350. The van der Waals surface area contributed by atoms with Gasteiger partial charge < -0.3 is 14.9 Å². The van der Waals surface area contributed by atoms with E-state index in [1.54, 1.807) is 0 Å². The van der Waals surface area contributed by atoms with E-state index in [2.05, 4.69) is 15.9 Å². The van der Waals surface area contributed by atoms with Gasteiger partial charge in [-0.05, 0) is 45.8 Å². The van der Waals surface area contributed by atoms with Crippen molar-refractivity contribution in [2.24, 2.45) is 5.73 Å². The van der Waals surface area contributed by atoms with E-state index >= 15 is 0 Å². The zero-order valence-electron chi connectivity index (χ0n) is 9.45. The molecule has 1 unspecified atom stereocenters. The number of halogens is 2. The van der Waals surface area contributed by atoms with Gasteiger partial charge in [-0.25, -0.2) is 0 Å². The summed E-state index contributed by atoms with van der Waals surface area (Å²) in [7, 11) is 0. The van der Waals surface area contributed by atoms with Gasteiger partial charge in [0.1, 0.15) is 11.5 Å². The fourth-order valence-electron chi connectivity index (χ4n) is 2.18. The maximum atomic E-state index is 6.22. The van der Waals surface area contributed by atoms with Crippen LogP contribution in [-0.4, -0.2) is 6.61 Å². The molecule has 2 N–H and O–H groups in total. The first kappa shape index (κ1) is 12.1. The molecule has 0 bridgehead atoms. The van der Waals surface area contributed by atoms with Crippen molar-refractivity contribution in [3.05, 3.63) is 50.8 Å². The normalized spacial score (nSPS) is 15.3. The summed E-state index contributed by atoms with van der Waals surface area (Å²) in [6.45, 7) is 0.678. The van der Waals surface area contributed by atoms with Crippen LogP contribution in [0, 0.1) is 0 Å². The molecular formula is C13H11BrClNO2. The summed E-state index contributed by atoms with van der Waals surface area (Å²) in [6.07, 6.45) is 0.872. The Bertz CT molecular complexity index is 597. The quantitative estimate of drug-likeness (QED) is 0.915. The zero-order chi connectivity index (χ0) is 12.7. The van der Waals surface area contributed by atoms with Gasteiger partial charge in [0.25, 0.3) is 0 Å². The SMILES string of the molecule is NC(c1ccc(Br)o1)c1cc(Cl)cc2c1OCC2. The Balaban J connectivity index is 2.06. The maximum absolute atomic E-state index is 6.22. The number of hydrogen-bond donors (Lipinski definition) is 1. The first-order valence-corrected chi connectivity index (χ1v) is 6.78. The largest absolute Gasteiger partial charge is 0.493 e. The van der Waals surface area contributed by atoms with Crippen molar-refractivity contribution >= 4 is 27.5 Å². The average Bonchev–Trinajstić information content (AvgIpc) is 2.95. The van der Waals surface area contributed by atoms with Crippen molar-refractivity contribution in [2.75, 3.05) is 6.61 Å². The third-order valence-electron chi connectivity index (χ3n) is 3.01. The Hall–Kier alpha value is -0.970. The molecule has 1 aromatic carbocycles. The highest BCUT2D eigenvalue weighted by molar-refractivity contribution is 9.10. The van der Waals surface area contributed by atoms with Gasteiger partial charge in [0.05, 0.1) is 12.6 Å². The molecule has 0 fully saturated rings. The average molecular weight is 329 g/mol. The van der Waals surface area contributed by atoms with E-state index in [1.165, 1.54) is 0 Å². The summed E-state index contributed by atoms with van der Waals surface area (Å²) in [4.78, 5) is 0. The van der Waals surface area contributed by atoms with Crippen LogP contribution in [0.4, 0.5) is 0 Å². The molecule has 0 spiro atoms. The van der Waals surface area contributed by atoms with Crippen LogP contribution in [-0.2, 0) is 6.42 Å². The van der Waals surface area contributed by atoms with Crippen LogP contribution in [0.15, 0.2) is 33.4 Å². The summed E-state index contributed by atoms with van der Waals surface area (Å²) in [5.41, 5.74) is 8.20. The van der Waals surface area contributed by atoms with Gasteiger partial charge in [-0.1, -0.05) is 11.6 Å². The Morgan fingerprint density at radius 3 is 2.89 bits per heavy atom. The van der Waals surface area contributed by atoms with Gasteiger partial charge in [-0.15, -0.1) is 0 Å². The molecule has 5 heteroatoms. The van der Waals surface area contributed by atoms with Gasteiger partial charge in [-0.2, -0.15) is 0 Å². The second-order valence-electron chi connectivity index (χ2n) is 4.20. The summed E-state index contributed by atoms with van der Waals surface area (Å²) in [6, 6.07) is 7.06. The molecule has 2 aromatic rings. The van der Waals surface area contributed by atoms with Crippen molar-refractivity contribution in [3.8, 4) is 5.75 Å². The molecule has 2 heterocycles. The van der Waals surface area contributed by atoms with Crippen molar-refractivity contribution in [3.63, 3.8) is 0 Å². The topological polar surface area (TPSA) is 48.4 Å². The van der Waals surface area contributed by atoms with Crippen LogP contribution < -0.4 is 10.5 Å².